The van der Waals surface area contributed by atoms with Gasteiger partial charge in [0.25, 0.3) is 0 Å². The lowest BCUT2D eigenvalue weighted by molar-refractivity contribution is -0.120. The minimum atomic E-state index is -3.92. The molecule has 0 bridgehead atoms. The Hall–Kier alpha value is -3.20. The number of benzene rings is 1. The number of pyridine rings is 2. The molecule has 1 aliphatic carbocycles. The van der Waals surface area contributed by atoms with Crippen LogP contribution in [0.3, 0.4) is 0 Å². The van der Waals surface area contributed by atoms with E-state index in [1.807, 2.05) is 13.8 Å². The van der Waals surface area contributed by atoms with Crippen LogP contribution in [0.2, 0.25) is 0 Å². The molecule has 9 heteroatoms. The summed E-state index contributed by atoms with van der Waals surface area (Å²) in [5.74, 6) is 0.0639. The van der Waals surface area contributed by atoms with E-state index < -0.39 is 26.4 Å². The maximum Gasteiger partial charge on any atom is 0.229 e. The molecule has 2 unspecified atom stereocenters. The Kier molecular flexibility index (Phi) is 5.54. The van der Waals surface area contributed by atoms with Gasteiger partial charge in [-0.1, -0.05) is 19.9 Å². The predicted molar refractivity (Wildman–Crippen MR) is 119 cm³/mol. The molecule has 2 N–H and O–H groups in total. The van der Waals surface area contributed by atoms with E-state index in [1.165, 1.54) is 19.4 Å². The van der Waals surface area contributed by atoms with Crippen LogP contribution < -0.4 is 15.2 Å². The summed E-state index contributed by atoms with van der Waals surface area (Å²) >= 11 is 0. The molecule has 2 aromatic heterocycles. The molecule has 3 aromatic rings. The summed E-state index contributed by atoms with van der Waals surface area (Å²) in [7, 11) is -2.47. The number of hydrogen-bond acceptors (Lipinski definition) is 7. The molecule has 1 aromatic carbocycles. The van der Waals surface area contributed by atoms with Crippen molar-refractivity contribution in [3.8, 4) is 11.6 Å². The number of aromatic nitrogens is 2. The van der Waals surface area contributed by atoms with Crippen molar-refractivity contribution in [1.29, 1.82) is 0 Å². The number of carbonyl (C=O) groups is 1. The minimum Gasteiger partial charge on any atom is -0.491 e. The Morgan fingerprint density at radius 2 is 2.03 bits per heavy atom. The van der Waals surface area contributed by atoms with Crippen molar-refractivity contribution in [2.45, 2.75) is 35.8 Å². The fourth-order valence-corrected chi connectivity index (χ4v) is 6.32. The van der Waals surface area contributed by atoms with Gasteiger partial charge in [0.2, 0.25) is 11.8 Å². The Morgan fingerprint density at radius 3 is 2.72 bits per heavy atom. The first-order valence-electron chi connectivity index (χ1n) is 10.3. The van der Waals surface area contributed by atoms with Gasteiger partial charge in [-0.2, -0.15) is 0 Å². The largest absolute Gasteiger partial charge is 0.491 e. The van der Waals surface area contributed by atoms with E-state index in [9.17, 15) is 13.2 Å². The zero-order valence-corrected chi connectivity index (χ0v) is 18.9. The molecule has 2 heterocycles. The monoisotopic (exact) mass is 455 g/mol. The molecule has 32 heavy (non-hydrogen) atoms. The highest BCUT2D eigenvalue weighted by molar-refractivity contribution is 7.92. The first kappa shape index (κ1) is 22.0. The Bertz CT molecular complexity index is 1290. The van der Waals surface area contributed by atoms with E-state index in [2.05, 4.69) is 9.97 Å². The highest BCUT2D eigenvalue weighted by atomic mass is 32.2. The topological polar surface area (TPSA) is 121 Å². The van der Waals surface area contributed by atoms with Crippen LogP contribution in [0.5, 0.6) is 11.6 Å². The van der Waals surface area contributed by atoms with Crippen LogP contribution in [-0.2, 0) is 20.0 Å². The molecule has 168 valence electrons. The average molecular weight is 456 g/mol. The summed E-state index contributed by atoms with van der Waals surface area (Å²) in [4.78, 5) is 21.3. The fraction of sp³-hybridized carbons (Fsp3) is 0.348. The second-order valence-corrected chi connectivity index (χ2v) is 10.4. The fourth-order valence-electron chi connectivity index (χ4n) is 4.02. The second kappa shape index (κ2) is 8.05. The third-order valence-corrected chi connectivity index (χ3v) is 8.01. The maximum atomic E-state index is 13.7. The van der Waals surface area contributed by atoms with Gasteiger partial charge in [0.15, 0.2) is 9.84 Å². The third kappa shape index (κ3) is 3.56. The number of rotatable bonds is 8. The molecule has 0 saturated heterocycles. The first-order valence-corrected chi connectivity index (χ1v) is 11.8. The van der Waals surface area contributed by atoms with Crippen LogP contribution in [0, 0.1) is 5.92 Å². The molecule has 8 nitrogen and oxygen atoms in total. The quantitative estimate of drug-likeness (QED) is 0.554. The van der Waals surface area contributed by atoms with Crippen LogP contribution in [-0.4, -0.2) is 43.3 Å². The number of sulfone groups is 1. The Morgan fingerprint density at radius 1 is 1.25 bits per heavy atom. The molecule has 1 fully saturated rings. The maximum absolute atomic E-state index is 13.7. The molecule has 0 aliphatic heterocycles. The van der Waals surface area contributed by atoms with Crippen molar-refractivity contribution in [2.75, 3.05) is 13.7 Å². The third-order valence-electron chi connectivity index (χ3n) is 5.73. The molecular weight excluding hydrogens is 430 g/mol. The number of fused-ring (bicyclic) bond motifs is 1. The molecule has 2 atom stereocenters. The van der Waals surface area contributed by atoms with Crippen molar-refractivity contribution in [1.82, 2.24) is 9.97 Å². The molecule has 4 rings (SSSR count). The van der Waals surface area contributed by atoms with Crippen LogP contribution in [0.4, 0.5) is 0 Å². The van der Waals surface area contributed by atoms with Gasteiger partial charge in [-0.15, -0.1) is 0 Å². The zero-order valence-electron chi connectivity index (χ0n) is 18.1. The van der Waals surface area contributed by atoms with Crippen LogP contribution in [0.1, 0.15) is 25.8 Å². The van der Waals surface area contributed by atoms with Gasteiger partial charge in [0, 0.05) is 23.2 Å². The number of primary amides is 1. The van der Waals surface area contributed by atoms with Gasteiger partial charge < -0.3 is 15.2 Å². The van der Waals surface area contributed by atoms with Crippen molar-refractivity contribution in [2.24, 2.45) is 11.7 Å². The van der Waals surface area contributed by atoms with Crippen molar-refractivity contribution in [3.63, 3.8) is 0 Å². The number of hydrogen-bond donors (Lipinski definition) is 1. The Balaban J connectivity index is 1.83. The van der Waals surface area contributed by atoms with Gasteiger partial charge in [-0.25, -0.2) is 13.4 Å². The normalized spacial score (nSPS) is 20.3. The number of methoxy groups -OCH3 is 1. The number of amides is 1. The van der Waals surface area contributed by atoms with Crippen LogP contribution in [0.15, 0.2) is 53.7 Å². The standard InChI is InChI=1S/C23H25N3O5S/c1-14(2)13-31-18-12-26-21(30-3)10-16(18)23(22(24)27)11-20(23)32(28,29)19-8-4-7-17-15(19)6-5-9-25-17/h4-10,12,14,20H,11,13H2,1-3H3,(H2,24,27). The second-order valence-electron chi connectivity index (χ2n) is 8.33. The summed E-state index contributed by atoms with van der Waals surface area (Å²) in [6, 6.07) is 9.85. The summed E-state index contributed by atoms with van der Waals surface area (Å²) in [6.07, 6.45) is 3.10. The average Bonchev–Trinajstić information content (AvgIpc) is 3.55. The molecule has 0 spiro atoms. The van der Waals surface area contributed by atoms with Gasteiger partial charge in [0.1, 0.15) is 5.75 Å². The molecule has 1 aliphatic rings. The van der Waals surface area contributed by atoms with E-state index in [1.54, 1.807) is 36.5 Å². The smallest absolute Gasteiger partial charge is 0.229 e. The van der Waals surface area contributed by atoms with Crippen LogP contribution in [0.25, 0.3) is 10.9 Å². The lowest BCUT2D eigenvalue weighted by Gasteiger charge is -2.20. The zero-order chi connectivity index (χ0) is 23.1. The highest BCUT2D eigenvalue weighted by Gasteiger charge is 2.68. The number of carbonyl (C=O) groups excluding carboxylic acids is 1. The van der Waals surface area contributed by atoms with Gasteiger partial charge in [-0.3, -0.25) is 9.78 Å². The number of nitrogens with two attached hydrogens (primary N) is 1. The van der Waals surface area contributed by atoms with Gasteiger partial charge in [0.05, 0.1) is 41.0 Å². The first-order chi connectivity index (χ1) is 15.2. The van der Waals surface area contributed by atoms with E-state index in [4.69, 9.17) is 15.2 Å². The van der Waals surface area contributed by atoms with E-state index in [0.717, 1.165) is 0 Å². The SMILES string of the molecule is COc1cc(C2(C(N)=O)CC2S(=O)(=O)c2cccc3ncccc23)c(OCC(C)C)cn1. The van der Waals surface area contributed by atoms with Crippen LogP contribution >= 0.6 is 0 Å². The van der Waals surface area contributed by atoms with Gasteiger partial charge in [-0.05, 0) is 36.6 Å². The Labute approximate surface area is 186 Å². The highest BCUT2D eigenvalue weighted by Crippen LogP contribution is 2.57. The summed E-state index contributed by atoms with van der Waals surface area (Å²) in [5, 5.41) is -0.532. The number of nitrogens with zero attached hydrogens (tertiary/aromatic N) is 2. The lowest BCUT2D eigenvalue weighted by atomic mass is 9.95. The molecule has 1 saturated carbocycles. The lowest BCUT2D eigenvalue weighted by Crippen LogP contribution is -2.35. The van der Waals surface area contributed by atoms with Crippen molar-refractivity contribution < 1.29 is 22.7 Å². The minimum absolute atomic E-state index is 0.0481. The summed E-state index contributed by atoms with van der Waals surface area (Å²) in [6.45, 7) is 4.35. The summed E-state index contributed by atoms with van der Waals surface area (Å²) in [5.41, 5.74) is 5.33. The molecule has 0 radical (unpaired) electrons. The van der Waals surface area contributed by atoms with E-state index in [-0.39, 0.29) is 23.1 Å². The molecule has 1 amide bonds. The van der Waals surface area contributed by atoms with Crippen molar-refractivity contribution >= 4 is 26.6 Å². The van der Waals surface area contributed by atoms with E-state index >= 15 is 0 Å². The van der Waals surface area contributed by atoms with E-state index in [0.29, 0.717) is 28.8 Å². The van der Waals surface area contributed by atoms with Crippen molar-refractivity contribution in [3.05, 3.63) is 54.4 Å². The summed E-state index contributed by atoms with van der Waals surface area (Å²) < 4.78 is 38.5. The van der Waals surface area contributed by atoms with Gasteiger partial charge >= 0.3 is 0 Å². The molecular formula is C23H25N3O5S. The predicted octanol–water partition coefficient (Wildman–Crippen LogP) is 2.64. The number of ether oxygens (including phenoxy) is 2.